The summed E-state index contributed by atoms with van der Waals surface area (Å²) >= 11 is 0. The van der Waals surface area contributed by atoms with Crippen LogP contribution in [0.15, 0.2) is 66.8 Å². The summed E-state index contributed by atoms with van der Waals surface area (Å²) in [5.74, 6) is 0.373. The van der Waals surface area contributed by atoms with Crippen molar-refractivity contribution in [3.63, 3.8) is 0 Å². The number of benzene rings is 2. The summed E-state index contributed by atoms with van der Waals surface area (Å²) in [6.45, 7) is 11.9. The number of rotatable bonds is 11. The first kappa shape index (κ1) is 25.9. The van der Waals surface area contributed by atoms with Crippen molar-refractivity contribution in [1.82, 2.24) is 0 Å². The first-order valence-corrected chi connectivity index (χ1v) is 12.8. The Hall–Kier alpha value is -2.74. The largest absolute Gasteiger partial charge is 0.305 e. The second kappa shape index (κ2) is 12.6. The third kappa shape index (κ3) is 7.38. The van der Waals surface area contributed by atoms with Crippen LogP contribution in [0, 0.1) is 17.1 Å². The van der Waals surface area contributed by atoms with E-state index in [0.29, 0.717) is 23.6 Å². The van der Waals surface area contributed by atoms with Crippen molar-refractivity contribution in [3.05, 3.63) is 94.8 Å². The Kier molecular flexibility index (Phi) is 9.62. The summed E-state index contributed by atoms with van der Waals surface area (Å²) in [6.07, 6.45) is 12.4. The van der Waals surface area contributed by atoms with Gasteiger partial charge in [0, 0.05) is 11.3 Å². The number of halogens is 1. The summed E-state index contributed by atoms with van der Waals surface area (Å²) in [5, 5.41) is 9.04. The molecular formula is C32H40FN. The third-order valence-corrected chi connectivity index (χ3v) is 7.16. The highest BCUT2D eigenvalue weighted by Gasteiger charge is 2.20. The van der Waals surface area contributed by atoms with E-state index in [-0.39, 0.29) is 5.82 Å². The van der Waals surface area contributed by atoms with Crippen molar-refractivity contribution < 1.29 is 4.39 Å². The van der Waals surface area contributed by atoms with Gasteiger partial charge in [-0.25, -0.2) is 4.39 Å². The molecule has 1 nitrogen and oxygen atoms in total. The van der Waals surface area contributed by atoms with Crippen molar-refractivity contribution in [2.75, 3.05) is 0 Å². The van der Waals surface area contributed by atoms with Crippen molar-refractivity contribution >= 4 is 17.4 Å². The molecule has 0 radical (unpaired) electrons. The van der Waals surface area contributed by atoms with Crippen LogP contribution < -0.4 is 0 Å². The molecule has 0 atom stereocenters. The fourth-order valence-electron chi connectivity index (χ4n) is 5.02. The molecular weight excluding hydrogens is 417 g/mol. The minimum absolute atomic E-state index is 0.220. The predicted octanol–water partition coefficient (Wildman–Crippen LogP) is 9.37. The van der Waals surface area contributed by atoms with Gasteiger partial charge in [0.25, 0.3) is 0 Å². The SMILES string of the molecule is C=Cc1ccc(F)c(/C(C)=C(\CC2CCCCC2)C(=N)CCc2cccc(CCC(=C)C)c2)c1. The van der Waals surface area contributed by atoms with Gasteiger partial charge in [-0.2, -0.15) is 0 Å². The minimum atomic E-state index is -0.220. The van der Waals surface area contributed by atoms with Crippen LogP contribution >= 0.6 is 0 Å². The van der Waals surface area contributed by atoms with Crippen molar-refractivity contribution in [1.29, 1.82) is 5.41 Å². The van der Waals surface area contributed by atoms with E-state index >= 15 is 0 Å². The molecule has 1 N–H and O–H groups in total. The molecule has 1 aliphatic rings. The van der Waals surface area contributed by atoms with E-state index < -0.39 is 0 Å². The second-order valence-corrected chi connectivity index (χ2v) is 10.0. The van der Waals surface area contributed by atoms with Gasteiger partial charge in [0.2, 0.25) is 0 Å². The molecule has 0 saturated heterocycles. The van der Waals surface area contributed by atoms with Crippen molar-refractivity contribution in [3.8, 4) is 0 Å². The summed E-state index contributed by atoms with van der Waals surface area (Å²) in [6, 6.07) is 13.9. The Morgan fingerprint density at radius 3 is 2.32 bits per heavy atom. The van der Waals surface area contributed by atoms with Crippen LogP contribution in [0.5, 0.6) is 0 Å². The van der Waals surface area contributed by atoms with E-state index in [1.165, 1.54) is 54.9 Å². The molecule has 2 aromatic rings. The van der Waals surface area contributed by atoms with Crippen LogP contribution in [0.4, 0.5) is 4.39 Å². The number of allylic oxidation sites excluding steroid dienone is 3. The van der Waals surface area contributed by atoms with Crippen LogP contribution in [0.1, 0.15) is 87.5 Å². The van der Waals surface area contributed by atoms with E-state index in [1.807, 2.05) is 13.0 Å². The van der Waals surface area contributed by atoms with E-state index in [0.717, 1.165) is 42.4 Å². The molecule has 0 unspecified atom stereocenters. The highest BCUT2D eigenvalue weighted by atomic mass is 19.1. The molecule has 1 fully saturated rings. The topological polar surface area (TPSA) is 23.9 Å². The third-order valence-electron chi connectivity index (χ3n) is 7.16. The number of hydrogen-bond donors (Lipinski definition) is 1. The molecule has 0 amide bonds. The average molecular weight is 458 g/mol. The lowest BCUT2D eigenvalue weighted by Crippen LogP contribution is -2.14. The maximum atomic E-state index is 14.8. The molecule has 1 aliphatic carbocycles. The highest BCUT2D eigenvalue weighted by molar-refractivity contribution is 6.04. The lowest BCUT2D eigenvalue weighted by atomic mass is 9.81. The molecule has 0 heterocycles. The summed E-state index contributed by atoms with van der Waals surface area (Å²) in [4.78, 5) is 0. The van der Waals surface area contributed by atoms with Gasteiger partial charge >= 0.3 is 0 Å². The lowest BCUT2D eigenvalue weighted by Gasteiger charge is -2.25. The smallest absolute Gasteiger partial charge is 0.130 e. The molecule has 0 spiro atoms. The van der Waals surface area contributed by atoms with E-state index in [4.69, 9.17) is 5.41 Å². The molecule has 2 aromatic carbocycles. The summed E-state index contributed by atoms with van der Waals surface area (Å²) in [5.41, 5.74) is 7.90. The van der Waals surface area contributed by atoms with Gasteiger partial charge in [0.1, 0.15) is 5.82 Å². The number of nitrogens with one attached hydrogen (secondary N) is 1. The Bertz CT molecular complexity index is 1050. The Balaban J connectivity index is 1.82. The fourth-order valence-corrected chi connectivity index (χ4v) is 5.02. The lowest BCUT2D eigenvalue weighted by molar-refractivity contribution is 0.358. The van der Waals surface area contributed by atoms with Crippen LogP contribution in [0.25, 0.3) is 11.6 Å². The van der Waals surface area contributed by atoms with Crippen LogP contribution in [-0.2, 0) is 12.8 Å². The predicted molar refractivity (Wildman–Crippen MR) is 146 cm³/mol. The minimum Gasteiger partial charge on any atom is -0.305 e. The Morgan fingerprint density at radius 2 is 1.68 bits per heavy atom. The molecule has 180 valence electrons. The van der Waals surface area contributed by atoms with Gasteiger partial charge in [0.15, 0.2) is 0 Å². The first-order valence-electron chi connectivity index (χ1n) is 12.8. The zero-order chi connectivity index (χ0) is 24.5. The Morgan fingerprint density at radius 1 is 1.00 bits per heavy atom. The monoisotopic (exact) mass is 457 g/mol. The van der Waals surface area contributed by atoms with E-state index in [2.05, 4.69) is 44.3 Å². The van der Waals surface area contributed by atoms with Crippen LogP contribution in [-0.4, -0.2) is 5.71 Å². The van der Waals surface area contributed by atoms with Gasteiger partial charge < -0.3 is 5.41 Å². The highest BCUT2D eigenvalue weighted by Crippen LogP contribution is 2.34. The molecule has 3 rings (SSSR count). The molecule has 2 heteroatoms. The van der Waals surface area contributed by atoms with Gasteiger partial charge in [-0.3, -0.25) is 0 Å². The maximum absolute atomic E-state index is 14.8. The summed E-state index contributed by atoms with van der Waals surface area (Å²) < 4.78 is 14.8. The van der Waals surface area contributed by atoms with Gasteiger partial charge in [-0.15, -0.1) is 6.58 Å². The first-order chi connectivity index (χ1) is 16.4. The van der Waals surface area contributed by atoms with Crippen molar-refractivity contribution in [2.45, 2.75) is 78.1 Å². The van der Waals surface area contributed by atoms with Crippen molar-refractivity contribution in [2.24, 2.45) is 5.92 Å². The molecule has 34 heavy (non-hydrogen) atoms. The fraction of sp³-hybridized carbons (Fsp3) is 0.406. The maximum Gasteiger partial charge on any atom is 0.130 e. The summed E-state index contributed by atoms with van der Waals surface area (Å²) in [7, 11) is 0. The number of aryl methyl sites for hydroxylation is 2. The van der Waals surface area contributed by atoms with Gasteiger partial charge in [-0.05, 0) is 91.8 Å². The van der Waals surface area contributed by atoms with Crippen LogP contribution in [0.2, 0.25) is 0 Å². The quantitative estimate of drug-likeness (QED) is 0.257. The standard InChI is InChI=1S/C32H40FN/c1-5-25-16-18-31(33)29(21-25)24(4)30(22-26-10-7-6-8-11-26)32(34)19-17-28-13-9-12-27(20-28)15-14-23(2)3/h5,9,12-13,16,18,20-21,26,34H,1-2,6-8,10-11,14-15,17,19,22H2,3-4H3/b30-24+,34-32?. The second-order valence-electron chi connectivity index (χ2n) is 10.0. The molecule has 0 bridgehead atoms. The van der Waals surface area contributed by atoms with E-state index in [9.17, 15) is 4.39 Å². The Labute approximate surface area is 206 Å². The zero-order valence-corrected chi connectivity index (χ0v) is 21.1. The molecule has 0 aliphatic heterocycles. The number of hydrogen-bond acceptors (Lipinski definition) is 1. The van der Waals surface area contributed by atoms with Gasteiger partial charge in [0.05, 0.1) is 0 Å². The van der Waals surface area contributed by atoms with Gasteiger partial charge in [-0.1, -0.05) is 80.7 Å². The zero-order valence-electron chi connectivity index (χ0n) is 21.1. The molecule has 1 saturated carbocycles. The van der Waals surface area contributed by atoms with Crippen LogP contribution in [0.3, 0.4) is 0 Å². The normalized spacial score (nSPS) is 15.0. The molecule has 0 aromatic heterocycles. The van der Waals surface area contributed by atoms with E-state index in [1.54, 1.807) is 12.1 Å². The average Bonchev–Trinajstić information content (AvgIpc) is 2.85.